The summed E-state index contributed by atoms with van der Waals surface area (Å²) in [5.74, 6) is 0.906. The Balaban J connectivity index is 0.00000225. The third-order valence-electron chi connectivity index (χ3n) is 5.21. The summed E-state index contributed by atoms with van der Waals surface area (Å²) in [7, 11) is 1.84. The molecule has 0 atom stereocenters. The van der Waals surface area contributed by atoms with Crippen LogP contribution in [0.3, 0.4) is 0 Å². The summed E-state index contributed by atoms with van der Waals surface area (Å²) in [6.45, 7) is 8.88. The summed E-state index contributed by atoms with van der Waals surface area (Å²) in [5, 5.41) is 6.97. The van der Waals surface area contributed by atoms with E-state index < -0.39 is 0 Å². The standard InChI is InChI=1S/C19H30N4O.HI/c1-16-5-3-4-6-17(16)19(7-8-19)15-22-18(20-2)21-9-10-23-11-13-24-14-12-23;/h3-6H,7-15H2,1-2H3,(H2,20,21,22);1H. The molecular weight excluding hydrogens is 427 g/mol. The first kappa shape index (κ1) is 20.5. The summed E-state index contributed by atoms with van der Waals surface area (Å²) in [6, 6.07) is 8.76. The van der Waals surface area contributed by atoms with E-state index in [4.69, 9.17) is 4.74 Å². The van der Waals surface area contributed by atoms with E-state index in [1.807, 2.05) is 7.05 Å². The SMILES string of the molecule is CN=C(NCCN1CCOCC1)NCC1(c2ccccc2C)CC1.I. The highest BCUT2D eigenvalue weighted by Crippen LogP contribution is 2.48. The number of ether oxygens (including phenoxy) is 1. The Kier molecular flexibility index (Phi) is 7.96. The van der Waals surface area contributed by atoms with E-state index in [1.165, 1.54) is 24.0 Å². The number of aryl methyl sites for hydroxylation is 1. The zero-order chi connectivity index (χ0) is 16.8. The Morgan fingerprint density at radius 2 is 1.92 bits per heavy atom. The highest BCUT2D eigenvalue weighted by molar-refractivity contribution is 14.0. The predicted molar refractivity (Wildman–Crippen MR) is 114 cm³/mol. The molecule has 2 N–H and O–H groups in total. The fourth-order valence-electron chi connectivity index (χ4n) is 3.49. The lowest BCUT2D eigenvalue weighted by Gasteiger charge is -2.27. The number of rotatable bonds is 6. The Bertz CT molecular complexity index is 568. The molecular formula is C19H31IN4O. The molecule has 5 nitrogen and oxygen atoms in total. The van der Waals surface area contributed by atoms with Crippen molar-refractivity contribution in [2.75, 3.05) is 53.0 Å². The van der Waals surface area contributed by atoms with Gasteiger partial charge in [-0.25, -0.2) is 0 Å². The Labute approximate surface area is 168 Å². The number of benzene rings is 1. The van der Waals surface area contributed by atoms with Crippen molar-refractivity contribution in [3.63, 3.8) is 0 Å². The molecule has 1 aliphatic carbocycles. The Morgan fingerprint density at radius 3 is 2.56 bits per heavy atom. The van der Waals surface area contributed by atoms with E-state index in [0.29, 0.717) is 5.41 Å². The maximum Gasteiger partial charge on any atom is 0.191 e. The van der Waals surface area contributed by atoms with Crippen LogP contribution >= 0.6 is 24.0 Å². The summed E-state index contributed by atoms with van der Waals surface area (Å²) in [6.07, 6.45) is 2.52. The van der Waals surface area contributed by atoms with Crippen molar-refractivity contribution in [1.82, 2.24) is 15.5 Å². The van der Waals surface area contributed by atoms with E-state index in [2.05, 4.69) is 51.7 Å². The molecule has 0 bridgehead atoms. The van der Waals surface area contributed by atoms with Gasteiger partial charge in [0.05, 0.1) is 13.2 Å². The Hall–Kier alpha value is -0.860. The first-order valence-corrected chi connectivity index (χ1v) is 9.04. The van der Waals surface area contributed by atoms with Crippen LogP contribution < -0.4 is 10.6 Å². The average molecular weight is 458 g/mol. The van der Waals surface area contributed by atoms with Crippen molar-refractivity contribution in [3.8, 4) is 0 Å². The van der Waals surface area contributed by atoms with Crippen LogP contribution in [-0.2, 0) is 10.2 Å². The second-order valence-electron chi connectivity index (χ2n) is 6.90. The molecule has 1 heterocycles. The summed E-state index contributed by atoms with van der Waals surface area (Å²) < 4.78 is 5.38. The lowest BCUT2D eigenvalue weighted by Crippen LogP contribution is -2.45. The fraction of sp³-hybridized carbons (Fsp3) is 0.632. The zero-order valence-electron chi connectivity index (χ0n) is 15.4. The summed E-state index contributed by atoms with van der Waals surface area (Å²) >= 11 is 0. The minimum Gasteiger partial charge on any atom is -0.379 e. The number of aliphatic imine (C=N–C) groups is 1. The van der Waals surface area contributed by atoms with Gasteiger partial charge in [0.1, 0.15) is 0 Å². The van der Waals surface area contributed by atoms with Crippen LogP contribution in [0.25, 0.3) is 0 Å². The summed E-state index contributed by atoms with van der Waals surface area (Å²) in [5.41, 5.74) is 3.18. The van der Waals surface area contributed by atoms with E-state index in [-0.39, 0.29) is 24.0 Å². The molecule has 1 aromatic rings. The van der Waals surface area contributed by atoms with Gasteiger partial charge in [-0.1, -0.05) is 24.3 Å². The van der Waals surface area contributed by atoms with Gasteiger partial charge >= 0.3 is 0 Å². The van der Waals surface area contributed by atoms with Crippen molar-refractivity contribution in [2.24, 2.45) is 4.99 Å². The highest BCUT2D eigenvalue weighted by atomic mass is 127. The third kappa shape index (κ3) is 5.56. The third-order valence-corrected chi connectivity index (χ3v) is 5.21. The number of halogens is 1. The van der Waals surface area contributed by atoms with E-state index in [9.17, 15) is 0 Å². The average Bonchev–Trinajstić information content (AvgIpc) is 3.40. The molecule has 1 aromatic carbocycles. The van der Waals surface area contributed by atoms with Crippen LogP contribution in [0.4, 0.5) is 0 Å². The maximum atomic E-state index is 5.38. The van der Waals surface area contributed by atoms with E-state index >= 15 is 0 Å². The van der Waals surface area contributed by atoms with Gasteiger partial charge < -0.3 is 15.4 Å². The number of morpholine rings is 1. The second kappa shape index (κ2) is 9.73. The first-order chi connectivity index (χ1) is 11.7. The van der Waals surface area contributed by atoms with Gasteiger partial charge in [-0.15, -0.1) is 24.0 Å². The summed E-state index contributed by atoms with van der Waals surface area (Å²) in [4.78, 5) is 6.80. The number of hydrogen-bond donors (Lipinski definition) is 2. The molecule has 0 radical (unpaired) electrons. The van der Waals surface area contributed by atoms with Crippen LogP contribution in [0.1, 0.15) is 24.0 Å². The van der Waals surface area contributed by atoms with Crippen LogP contribution in [0, 0.1) is 6.92 Å². The van der Waals surface area contributed by atoms with E-state index in [0.717, 1.165) is 51.9 Å². The molecule has 1 saturated heterocycles. The number of nitrogens with one attached hydrogen (secondary N) is 2. The topological polar surface area (TPSA) is 48.9 Å². The Morgan fingerprint density at radius 1 is 1.20 bits per heavy atom. The number of hydrogen-bond acceptors (Lipinski definition) is 3. The molecule has 140 valence electrons. The lowest BCUT2D eigenvalue weighted by atomic mass is 9.92. The van der Waals surface area contributed by atoms with Gasteiger partial charge in [-0.2, -0.15) is 0 Å². The molecule has 0 unspecified atom stereocenters. The molecule has 0 aromatic heterocycles. The largest absolute Gasteiger partial charge is 0.379 e. The van der Waals surface area contributed by atoms with E-state index in [1.54, 1.807) is 0 Å². The quantitative estimate of drug-likeness (QED) is 0.390. The van der Waals surface area contributed by atoms with Crippen molar-refractivity contribution < 1.29 is 4.74 Å². The van der Waals surface area contributed by atoms with Gasteiger partial charge in [0.15, 0.2) is 5.96 Å². The van der Waals surface area contributed by atoms with Crippen LogP contribution in [0.5, 0.6) is 0 Å². The molecule has 6 heteroatoms. The van der Waals surface area contributed by atoms with Crippen molar-refractivity contribution in [2.45, 2.75) is 25.2 Å². The molecule has 2 aliphatic rings. The first-order valence-electron chi connectivity index (χ1n) is 9.04. The van der Waals surface area contributed by atoms with Crippen LogP contribution in [0.2, 0.25) is 0 Å². The lowest BCUT2D eigenvalue weighted by molar-refractivity contribution is 0.0389. The second-order valence-corrected chi connectivity index (χ2v) is 6.90. The molecule has 25 heavy (non-hydrogen) atoms. The predicted octanol–water partition coefficient (Wildman–Crippen LogP) is 2.14. The van der Waals surface area contributed by atoms with Gasteiger partial charge in [-0.05, 0) is 30.9 Å². The van der Waals surface area contributed by atoms with Crippen LogP contribution in [-0.4, -0.2) is 63.8 Å². The monoisotopic (exact) mass is 458 g/mol. The van der Waals surface area contributed by atoms with Gasteiger partial charge in [0.2, 0.25) is 0 Å². The smallest absolute Gasteiger partial charge is 0.191 e. The molecule has 1 saturated carbocycles. The van der Waals surface area contributed by atoms with Crippen LogP contribution in [0.15, 0.2) is 29.3 Å². The van der Waals surface area contributed by atoms with Crippen molar-refractivity contribution in [1.29, 1.82) is 0 Å². The number of nitrogens with zero attached hydrogens (tertiary/aromatic N) is 2. The molecule has 3 rings (SSSR count). The fourth-order valence-corrected chi connectivity index (χ4v) is 3.49. The van der Waals surface area contributed by atoms with Crippen molar-refractivity contribution in [3.05, 3.63) is 35.4 Å². The molecule has 0 amide bonds. The molecule has 1 aliphatic heterocycles. The normalized spacial score (nSPS) is 19.8. The minimum absolute atomic E-state index is 0. The number of guanidine groups is 1. The zero-order valence-corrected chi connectivity index (χ0v) is 17.7. The minimum atomic E-state index is 0. The van der Waals surface area contributed by atoms with Gasteiger partial charge in [0, 0.05) is 45.2 Å². The molecule has 2 fully saturated rings. The van der Waals surface area contributed by atoms with Gasteiger partial charge in [0.25, 0.3) is 0 Å². The van der Waals surface area contributed by atoms with Crippen molar-refractivity contribution >= 4 is 29.9 Å². The maximum absolute atomic E-state index is 5.38. The highest BCUT2D eigenvalue weighted by Gasteiger charge is 2.44. The van der Waals surface area contributed by atoms with Gasteiger partial charge in [-0.3, -0.25) is 9.89 Å². The molecule has 0 spiro atoms.